The van der Waals surface area contributed by atoms with Crippen LogP contribution in [0.3, 0.4) is 0 Å². The van der Waals surface area contributed by atoms with Gasteiger partial charge in [0.25, 0.3) is 0 Å². The molecule has 0 aromatic heterocycles. The Balaban J connectivity index is 0.00000112. The van der Waals surface area contributed by atoms with E-state index in [1.54, 1.807) is 0 Å². The van der Waals surface area contributed by atoms with E-state index in [2.05, 4.69) is 42.8 Å². The molecule has 2 heteroatoms. The average molecular weight is 358 g/mol. The Morgan fingerprint density at radius 3 is 2.19 bits per heavy atom. The summed E-state index contributed by atoms with van der Waals surface area (Å²) in [4.78, 5) is 0. The first-order chi connectivity index (χ1) is 6.90. The van der Waals surface area contributed by atoms with E-state index in [9.17, 15) is 0 Å². The molecule has 0 aliphatic carbocycles. The first kappa shape index (κ1) is 16.5. The Kier molecular flexibility index (Phi) is 8.86. The third kappa shape index (κ3) is 4.41. The molecule has 16 heavy (non-hydrogen) atoms. The number of rotatable bonds is 2. The molecule has 0 fully saturated rings. The fraction of sp³-hybridized carbons (Fsp3) is 0.0714. The normalized spacial score (nSPS) is 8.56. The number of hydrogen-bond acceptors (Lipinski definition) is 0. The second kappa shape index (κ2) is 8.59. The molecule has 0 aliphatic rings. The molecule has 0 amide bonds. The van der Waals surface area contributed by atoms with E-state index in [1.165, 1.54) is 5.56 Å². The van der Waals surface area contributed by atoms with Gasteiger partial charge in [-0.1, -0.05) is 30.3 Å². The van der Waals surface area contributed by atoms with Crippen LogP contribution in [0.5, 0.6) is 0 Å². The summed E-state index contributed by atoms with van der Waals surface area (Å²) in [7, 11) is 0. The predicted octanol–water partition coefficient (Wildman–Crippen LogP) is 3.72. The summed E-state index contributed by atoms with van der Waals surface area (Å²) in [6.45, 7) is 2.03. The summed E-state index contributed by atoms with van der Waals surface area (Å²) in [5, 5.41) is 0. The second-order valence-corrected chi connectivity index (χ2v) is 3.17. The SMILES string of the molecule is C[CH-]c1[c-]c(-c2ccccc2)ccc1.[Y].[Y]. The summed E-state index contributed by atoms with van der Waals surface area (Å²) in [6, 6.07) is 19.9. The molecular formula is C14H12Y2-2. The van der Waals surface area contributed by atoms with E-state index in [0.29, 0.717) is 0 Å². The molecule has 0 unspecified atom stereocenters. The van der Waals surface area contributed by atoms with Crippen LogP contribution in [-0.2, 0) is 65.4 Å². The largest absolute Gasteiger partial charge is 0.370 e. The van der Waals surface area contributed by atoms with Crippen molar-refractivity contribution in [2.45, 2.75) is 6.92 Å². The van der Waals surface area contributed by atoms with Crippen molar-refractivity contribution in [3.8, 4) is 11.1 Å². The van der Waals surface area contributed by atoms with Crippen LogP contribution in [0.15, 0.2) is 48.5 Å². The van der Waals surface area contributed by atoms with Gasteiger partial charge >= 0.3 is 0 Å². The van der Waals surface area contributed by atoms with Gasteiger partial charge in [0, 0.05) is 65.4 Å². The van der Waals surface area contributed by atoms with Crippen molar-refractivity contribution in [3.05, 3.63) is 66.6 Å². The van der Waals surface area contributed by atoms with E-state index in [1.807, 2.05) is 25.1 Å². The molecule has 0 atom stereocenters. The van der Waals surface area contributed by atoms with Crippen LogP contribution < -0.4 is 0 Å². The Morgan fingerprint density at radius 2 is 1.56 bits per heavy atom. The smallest absolute Gasteiger partial charge is 0 e. The summed E-state index contributed by atoms with van der Waals surface area (Å²) < 4.78 is 0. The topological polar surface area (TPSA) is 0 Å². The van der Waals surface area contributed by atoms with Crippen molar-refractivity contribution in [1.82, 2.24) is 0 Å². The molecule has 0 saturated heterocycles. The van der Waals surface area contributed by atoms with Crippen molar-refractivity contribution in [3.63, 3.8) is 0 Å². The minimum Gasteiger partial charge on any atom is -0.370 e. The standard InChI is InChI=1S/C14H12.2Y/c1-2-12-7-6-10-14(11-12)13-8-4-3-5-9-13;;/h2-10H,1H3;;/q-2;;. The third-order valence-corrected chi connectivity index (χ3v) is 2.21. The van der Waals surface area contributed by atoms with Gasteiger partial charge < -0.3 is 18.1 Å². The molecule has 2 rings (SSSR count). The Hall–Kier alpha value is 0.518. The molecule has 2 aromatic rings. The molecule has 0 nitrogen and oxygen atoms in total. The fourth-order valence-electron chi connectivity index (χ4n) is 1.44. The summed E-state index contributed by atoms with van der Waals surface area (Å²) in [5.74, 6) is 0. The van der Waals surface area contributed by atoms with E-state index in [4.69, 9.17) is 0 Å². The van der Waals surface area contributed by atoms with Gasteiger partial charge in [-0.15, -0.1) is 18.6 Å². The monoisotopic (exact) mass is 358 g/mol. The number of benzene rings is 2. The van der Waals surface area contributed by atoms with Gasteiger partial charge in [0.2, 0.25) is 0 Å². The van der Waals surface area contributed by atoms with Crippen molar-refractivity contribution < 1.29 is 65.4 Å². The van der Waals surface area contributed by atoms with Crippen LogP contribution >= 0.6 is 0 Å². The Bertz CT molecular complexity index is 410. The minimum absolute atomic E-state index is 0. The van der Waals surface area contributed by atoms with Gasteiger partial charge in [-0.25, -0.2) is 0 Å². The van der Waals surface area contributed by atoms with Crippen LogP contribution in [0.1, 0.15) is 12.5 Å². The van der Waals surface area contributed by atoms with Crippen LogP contribution in [0.4, 0.5) is 0 Å². The molecule has 0 spiro atoms. The van der Waals surface area contributed by atoms with Crippen LogP contribution in [-0.4, -0.2) is 0 Å². The molecule has 0 heterocycles. The molecule has 2 radical (unpaired) electrons. The van der Waals surface area contributed by atoms with Gasteiger partial charge in [-0.2, -0.15) is 6.07 Å². The molecular weight excluding hydrogens is 346 g/mol. The Labute approximate surface area is 148 Å². The molecule has 0 bridgehead atoms. The molecule has 2 aromatic carbocycles. The van der Waals surface area contributed by atoms with Crippen molar-refractivity contribution in [2.24, 2.45) is 0 Å². The predicted molar refractivity (Wildman–Crippen MR) is 59.8 cm³/mol. The minimum atomic E-state index is 0. The fourth-order valence-corrected chi connectivity index (χ4v) is 1.44. The van der Waals surface area contributed by atoms with Gasteiger partial charge in [-0.3, -0.25) is 6.07 Å². The second-order valence-electron chi connectivity index (χ2n) is 3.17. The maximum Gasteiger partial charge on any atom is 0 e. The maximum atomic E-state index is 3.35. The van der Waals surface area contributed by atoms with Gasteiger partial charge in [-0.05, 0) is 5.56 Å². The van der Waals surface area contributed by atoms with E-state index in [0.717, 1.165) is 11.1 Å². The van der Waals surface area contributed by atoms with Crippen LogP contribution in [0.2, 0.25) is 0 Å². The Morgan fingerprint density at radius 1 is 0.875 bits per heavy atom. The van der Waals surface area contributed by atoms with E-state index >= 15 is 0 Å². The van der Waals surface area contributed by atoms with Gasteiger partial charge in [0.1, 0.15) is 0 Å². The zero-order chi connectivity index (χ0) is 9.80. The summed E-state index contributed by atoms with van der Waals surface area (Å²) >= 11 is 0. The van der Waals surface area contributed by atoms with Crippen molar-refractivity contribution >= 4 is 0 Å². The van der Waals surface area contributed by atoms with Gasteiger partial charge in [0.05, 0.1) is 0 Å². The molecule has 0 saturated carbocycles. The summed E-state index contributed by atoms with van der Waals surface area (Å²) in [5.41, 5.74) is 3.52. The summed E-state index contributed by atoms with van der Waals surface area (Å²) in [6.07, 6.45) is 2.06. The van der Waals surface area contributed by atoms with Crippen molar-refractivity contribution in [2.75, 3.05) is 0 Å². The van der Waals surface area contributed by atoms with Crippen molar-refractivity contribution in [1.29, 1.82) is 0 Å². The zero-order valence-corrected chi connectivity index (χ0v) is 15.0. The molecule has 0 aliphatic heterocycles. The maximum absolute atomic E-state index is 3.35. The first-order valence-corrected chi connectivity index (χ1v) is 4.77. The average Bonchev–Trinajstić information content (AvgIpc) is 2.30. The first-order valence-electron chi connectivity index (χ1n) is 4.77. The van der Waals surface area contributed by atoms with E-state index in [-0.39, 0.29) is 65.4 Å². The van der Waals surface area contributed by atoms with E-state index < -0.39 is 0 Å². The third-order valence-electron chi connectivity index (χ3n) is 2.21. The quantitative estimate of drug-likeness (QED) is 0.718. The molecule has 0 N–H and O–H groups in total. The zero-order valence-electron chi connectivity index (χ0n) is 9.35. The molecule has 76 valence electrons. The number of hydrogen-bond donors (Lipinski definition) is 0. The van der Waals surface area contributed by atoms with Gasteiger partial charge in [0.15, 0.2) is 0 Å². The van der Waals surface area contributed by atoms with Crippen LogP contribution in [0.25, 0.3) is 11.1 Å². The van der Waals surface area contributed by atoms with Crippen LogP contribution in [0, 0.1) is 12.5 Å².